The first-order valence-electron chi connectivity index (χ1n) is 8.11. The SMILES string of the molecule is CC(C)(C)C=C=C1CCC1(c1ccccc1)c1ccccc1. The first kappa shape index (κ1) is 14.9. The maximum Gasteiger partial charge on any atom is 0.0489 e. The average Bonchev–Trinajstić information content (AvgIpc) is 2.48. The number of hydrogen-bond acceptors (Lipinski definition) is 0. The third-order valence-electron chi connectivity index (χ3n) is 4.48. The van der Waals surface area contributed by atoms with Crippen molar-refractivity contribution < 1.29 is 0 Å². The predicted molar refractivity (Wildman–Crippen MR) is 93.9 cm³/mol. The first-order chi connectivity index (χ1) is 10.5. The second-order valence-corrected chi connectivity index (χ2v) is 7.27. The third-order valence-corrected chi connectivity index (χ3v) is 4.48. The van der Waals surface area contributed by atoms with Gasteiger partial charge in [-0.25, -0.2) is 0 Å². The summed E-state index contributed by atoms with van der Waals surface area (Å²) in [7, 11) is 0. The fourth-order valence-electron chi connectivity index (χ4n) is 3.25. The smallest absolute Gasteiger partial charge is 0.0489 e. The van der Waals surface area contributed by atoms with E-state index in [0.29, 0.717) is 0 Å². The van der Waals surface area contributed by atoms with Crippen LogP contribution in [0.3, 0.4) is 0 Å². The minimum atomic E-state index is 0.0181. The second-order valence-electron chi connectivity index (χ2n) is 7.27. The molecule has 2 aromatic rings. The molecule has 1 fully saturated rings. The van der Waals surface area contributed by atoms with E-state index in [0.717, 1.165) is 6.42 Å². The molecule has 0 amide bonds. The standard InChI is InChI=1S/C22H24/c1-21(2,3)16-14-20-15-17-22(20,18-10-6-4-7-11-18)19-12-8-5-9-13-19/h4-13,16H,15,17H2,1-3H3. The fourth-order valence-corrected chi connectivity index (χ4v) is 3.25. The zero-order valence-electron chi connectivity index (χ0n) is 13.8. The van der Waals surface area contributed by atoms with Crippen molar-refractivity contribution in [2.24, 2.45) is 5.41 Å². The van der Waals surface area contributed by atoms with Crippen molar-refractivity contribution in [2.45, 2.75) is 39.0 Å². The van der Waals surface area contributed by atoms with E-state index in [1.807, 2.05) is 0 Å². The molecule has 0 unspecified atom stereocenters. The van der Waals surface area contributed by atoms with Gasteiger partial charge in [0.05, 0.1) is 0 Å². The van der Waals surface area contributed by atoms with Crippen LogP contribution in [0.2, 0.25) is 0 Å². The molecule has 3 rings (SSSR count). The molecule has 22 heavy (non-hydrogen) atoms. The van der Waals surface area contributed by atoms with E-state index < -0.39 is 0 Å². The van der Waals surface area contributed by atoms with Crippen LogP contribution in [0.4, 0.5) is 0 Å². The Balaban J connectivity index is 2.16. The van der Waals surface area contributed by atoms with Gasteiger partial charge in [-0.2, -0.15) is 0 Å². The topological polar surface area (TPSA) is 0 Å². The van der Waals surface area contributed by atoms with Gasteiger partial charge < -0.3 is 0 Å². The highest BCUT2D eigenvalue weighted by atomic mass is 14.5. The lowest BCUT2D eigenvalue weighted by atomic mass is 9.57. The molecular formula is C22H24. The highest BCUT2D eigenvalue weighted by Crippen LogP contribution is 2.52. The van der Waals surface area contributed by atoms with E-state index in [1.54, 1.807) is 0 Å². The van der Waals surface area contributed by atoms with E-state index in [2.05, 4.69) is 93.2 Å². The monoisotopic (exact) mass is 288 g/mol. The molecule has 0 nitrogen and oxygen atoms in total. The highest BCUT2D eigenvalue weighted by molar-refractivity contribution is 5.53. The molecule has 0 heterocycles. The molecule has 1 aliphatic rings. The maximum absolute atomic E-state index is 3.64. The van der Waals surface area contributed by atoms with Crippen LogP contribution in [-0.2, 0) is 5.41 Å². The summed E-state index contributed by atoms with van der Waals surface area (Å²) in [6.45, 7) is 6.68. The van der Waals surface area contributed by atoms with Gasteiger partial charge in [-0.1, -0.05) is 81.4 Å². The number of allylic oxidation sites excluding steroid dienone is 1. The van der Waals surface area contributed by atoms with Crippen molar-refractivity contribution >= 4 is 0 Å². The molecule has 0 heteroatoms. The van der Waals surface area contributed by atoms with Crippen molar-refractivity contribution in [1.29, 1.82) is 0 Å². The predicted octanol–water partition coefficient (Wildman–Crippen LogP) is 5.89. The maximum atomic E-state index is 3.64. The Morgan fingerprint density at radius 3 is 1.73 bits per heavy atom. The normalized spacial score (nSPS) is 16.6. The number of benzene rings is 2. The molecule has 112 valence electrons. The Kier molecular flexibility index (Phi) is 3.81. The lowest BCUT2D eigenvalue weighted by molar-refractivity contribution is 0.429. The molecule has 0 aliphatic heterocycles. The molecule has 1 aliphatic carbocycles. The highest BCUT2D eigenvalue weighted by Gasteiger charge is 2.44. The summed E-state index contributed by atoms with van der Waals surface area (Å²) in [6, 6.07) is 21.8. The van der Waals surface area contributed by atoms with Gasteiger partial charge in [0, 0.05) is 5.41 Å². The molecule has 0 radical (unpaired) electrons. The lowest BCUT2D eigenvalue weighted by Crippen LogP contribution is -2.38. The van der Waals surface area contributed by atoms with Crippen molar-refractivity contribution in [3.63, 3.8) is 0 Å². The quantitative estimate of drug-likeness (QED) is 0.604. The number of hydrogen-bond donors (Lipinski definition) is 0. The van der Waals surface area contributed by atoms with Gasteiger partial charge in [-0.3, -0.25) is 0 Å². The van der Waals surface area contributed by atoms with E-state index in [-0.39, 0.29) is 10.8 Å². The number of rotatable bonds is 2. The minimum absolute atomic E-state index is 0.0181. The molecule has 1 saturated carbocycles. The zero-order chi connectivity index (χ0) is 15.6. The van der Waals surface area contributed by atoms with Gasteiger partial charge in [0.1, 0.15) is 0 Å². The summed E-state index contributed by atoms with van der Waals surface area (Å²) in [5.74, 6) is 0. The van der Waals surface area contributed by atoms with Crippen molar-refractivity contribution in [3.05, 3.63) is 89.2 Å². The molecule has 0 spiro atoms. The van der Waals surface area contributed by atoms with E-state index in [9.17, 15) is 0 Å². The molecule has 0 saturated heterocycles. The molecule has 0 atom stereocenters. The van der Waals surface area contributed by atoms with Crippen LogP contribution < -0.4 is 0 Å². The first-order valence-corrected chi connectivity index (χ1v) is 8.11. The van der Waals surface area contributed by atoms with Gasteiger partial charge in [0.25, 0.3) is 0 Å². The Hall–Kier alpha value is -2.04. The minimum Gasteiger partial charge on any atom is -0.124 e. The van der Waals surface area contributed by atoms with Gasteiger partial charge in [0.15, 0.2) is 0 Å². The average molecular weight is 288 g/mol. The van der Waals surface area contributed by atoms with Crippen LogP contribution in [0, 0.1) is 5.41 Å². The zero-order valence-corrected chi connectivity index (χ0v) is 13.8. The van der Waals surface area contributed by atoms with Gasteiger partial charge in [0.2, 0.25) is 0 Å². The Labute approximate surface area is 134 Å². The summed E-state index contributed by atoms with van der Waals surface area (Å²) in [5.41, 5.74) is 8.01. The molecule has 0 N–H and O–H groups in total. The molecule has 2 aromatic carbocycles. The van der Waals surface area contributed by atoms with Crippen LogP contribution in [0.5, 0.6) is 0 Å². The van der Waals surface area contributed by atoms with E-state index >= 15 is 0 Å². The second kappa shape index (κ2) is 5.63. The molecule has 0 aromatic heterocycles. The fraction of sp³-hybridized carbons (Fsp3) is 0.318. The van der Waals surface area contributed by atoms with Crippen LogP contribution in [0.1, 0.15) is 44.7 Å². The molecule has 0 bridgehead atoms. The molecular weight excluding hydrogens is 264 g/mol. The van der Waals surface area contributed by atoms with Crippen LogP contribution >= 0.6 is 0 Å². The third kappa shape index (κ3) is 2.67. The Morgan fingerprint density at radius 1 is 0.864 bits per heavy atom. The summed E-state index contributed by atoms with van der Waals surface area (Å²) < 4.78 is 0. The largest absolute Gasteiger partial charge is 0.124 e. The van der Waals surface area contributed by atoms with Crippen LogP contribution in [-0.4, -0.2) is 0 Å². The summed E-state index contributed by atoms with van der Waals surface area (Å²) in [6.07, 6.45) is 4.53. The summed E-state index contributed by atoms with van der Waals surface area (Å²) in [5, 5.41) is 0. The van der Waals surface area contributed by atoms with Crippen LogP contribution in [0.25, 0.3) is 0 Å². The lowest BCUT2D eigenvalue weighted by Gasteiger charge is -2.45. The Bertz CT molecular complexity index is 653. The summed E-state index contributed by atoms with van der Waals surface area (Å²) in [4.78, 5) is 0. The van der Waals surface area contributed by atoms with Crippen molar-refractivity contribution in [2.75, 3.05) is 0 Å². The Morgan fingerprint density at radius 2 is 1.36 bits per heavy atom. The van der Waals surface area contributed by atoms with E-state index in [1.165, 1.54) is 23.1 Å². The van der Waals surface area contributed by atoms with E-state index in [4.69, 9.17) is 0 Å². The van der Waals surface area contributed by atoms with Gasteiger partial charge in [-0.15, -0.1) is 5.73 Å². The van der Waals surface area contributed by atoms with Gasteiger partial charge in [-0.05, 0) is 41.0 Å². The van der Waals surface area contributed by atoms with Crippen molar-refractivity contribution in [1.82, 2.24) is 0 Å². The van der Waals surface area contributed by atoms with Crippen molar-refractivity contribution in [3.8, 4) is 0 Å². The summed E-state index contributed by atoms with van der Waals surface area (Å²) >= 11 is 0. The van der Waals surface area contributed by atoms with Crippen LogP contribution in [0.15, 0.2) is 78.0 Å². The van der Waals surface area contributed by atoms with Gasteiger partial charge >= 0.3 is 0 Å².